The van der Waals surface area contributed by atoms with Crippen molar-refractivity contribution in [3.05, 3.63) is 33.8 Å². The van der Waals surface area contributed by atoms with E-state index in [4.69, 9.17) is 27.9 Å². The Hall–Kier alpha value is -0.320. The standard InChI is InChI=1S/C14H20Cl2N2O/c1-10(11-3-4-13(15)14(16)7-11)17-8-12-9-18(2)5-6-19-12/h3-4,7,10,12,17H,5-6,8-9H2,1-2H3. The summed E-state index contributed by atoms with van der Waals surface area (Å²) in [5, 5.41) is 4.67. The molecule has 106 valence electrons. The van der Waals surface area contributed by atoms with Crippen LogP contribution in [0, 0.1) is 0 Å². The van der Waals surface area contributed by atoms with Gasteiger partial charge in [-0.05, 0) is 31.7 Å². The summed E-state index contributed by atoms with van der Waals surface area (Å²) in [7, 11) is 2.12. The Labute approximate surface area is 124 Å². The lowest BCUT2D eigenvalue weighted by Gasteiger charge is -2.31. The van der Waals surface area contributed by atoms with Crippen LogP contribution < -0.4 is 5.32 Å². The van der Waals surface area contributed by atoms with Crippen LogP contribution in [0.15, 0.2) is 18.2 Å². The summed E-state index contributed by atoms with van der Waals surface area (Å²) in [4.78, 5) is 2.29. The van der Waals surface area contributed by atoms with Crippen molar-refractivity contribution >= 4 is 23.2 Å². The van der Waals surface area contributed by atoms with Crippen molar-refractivity contribution in [3.63, 3.8) is 0 Å². The van der Waals surface area contributed by atoms with Gasteiger partial charge in [0.25, 0.3) is 0 Å². The van der Waals surface area contributed by atoms with Gasteiger partial charge in [0.1, 0.15) is 0 Å². The Morgan fingerprint density at radius 3 is 2.89 bits per heavy atom. The number of benzene rings is 1. The third-order valence-corrected chi connectivity index (χ3v) is 4.18. The molecule has 1 aliphatic rings. The first-order valence-corrected chi connectivity index (χ1v) is 7.30. The second-order valence-electron chi connectivity index (χ2n) is 5.06. The Balaban J connectivity index is 1.86. The molecule has 2 unspecified atom stereocenters. The topological polar surface area (TPSA) is 24.5 Å². The van der Waals surface area contributed by atoms with Crippen LogP contribution in [-0.4, -0.2) is 44.3 Å². The van der Waals surface area contributed by atoms with Crippen molar-refractivity contribution < 1.29 is 4.74 Å². The van der Waals surface area contributed by atoms with E-state index in [9.17, 15) is 0 Å². The Morgan fingerprint density at radius 2 is 2.21 bits per heavy atom. The maximum Gasteiger partial charge on any atom is 0.0826 e. The second kappa shape index (κ2) is 6.91. The molecule has 2 rings (SSSR count). The van der Waals surface area contributed by atoms with Crippen LogP contribution in [0.2, 0.25) is 10.0 Å². The van der Waals surface area contributed by atoms with Crippen LogP contribution in [0.4, 0.5) is 0 Å². The first-order valence-electron chi connectivity index (χ1n) is 6.54. The zero-order chi connectivity index (χ0) is 13.8. The average molecular weight is 303 g/mol. The molecule has 0 amide bonds. The number of hydrogen-bond acceptors (Lipinski definition) is 3. The van der Waals surface area contributed by atoms with Gasteiger partial charge in [-0.15, -0.1) is 0 Å². The molecule has 1 aromatic rings. The predicted molar refractivity (Wildman–Crippen MR) is 80.1 cm³/mol. The maximum absolute atomic E-state index is 6.03. The molecular formula is C14H20Cl2N2O. The molecule has 19 heavy (non-hydrogen) atoms. The average Bonchev–Trinajstić information content (AvgIpc) is 2.39. The number of nitrogens with zero attached hydrogens (tertiary/aromatic N) is 1. The number of nitrogens with one attached hydrogen (secondary N) is 1. The van der Waals surface area contributed by atoms with Crippen molar-refractivity contribution in [1.82, 2.24) is 10.2 Å². The summed E-state index contributed by atoms with van der Waals surface area (Å²) in [6.45, 7) is 5.75. The number of rotatable bonds is 4. The molecule has 0 aromatic heterocycles. The van der Waals surface area contributed by atoms with Crippen molar-refractivity contribution in [2.45, 2.75) is 19.1 Å². The van der Waals surface area contributed by atoms with E-state index in [2.05, 4.69) is 24.2 Å². The van der Waals surface area contributed by atoms with Crippen molar-refractivity contribution in [2.75, 3.05) is 33.3 Å². The molecule has 1 heterocycles. The lowest BCUT2D eigenvalue weighted by molar-refractivity contribution is -0.0190. The largest absolute Gasteiger partial charge is 0.374 e. The second-order valence-corrected chi connectivity index (χ2v) is 5.87. The lowest BCUT2D eigenvalue weighted by atomic mass is 10.1. The number of likely N-dealkylation sites (N-methyl/N-ethyl adjacent to an activating group) is 1. The third-order valence-electron chi connectivity index (χ3n) is 3.44. The van der Waals surface area contributed by atoms with Gasteiger partial charge in [0.2, 0.25) is 0 Å². The fourth-order valence-electron chi connectivity index (χ4n) is 2.20. The molecule has 1 N–H and O–H groups in total. The maximum atomic E-state index is 6.03. The van der Waals surface area contributed by atoms with E-state index in [1.54, 1.807) is 0 Å². The Kier molecular flexibility index (Phi) is 5.48. The van der Waals surface area contributed by atoms with Gasteiger partial charge in [0, 0.05) is 25.7 Å². The zero-order valence-electron chi connectivity index (χ0n) is 11.3. The highest BCUT2D eigenvalue weighted by Crippen LogP contribution is 2.25. The van der Waals surface area contributed by atoms with E-state index >= 15 is 0 Å². The number of ether oxygens (including phenoxy) is 1. The van der Waals surface area contributed by atoms with Gasteiger partial charge in [-0.25, -0.2) is 0 Å². The van der Waals surface area contributed by atoms with Crippen LogP contribution in [-0.2, 0) is 4.74 Å². The van der Waals surface area contributed by atoms with Crippen LogP contribution in [0.25, 0.3) is 0 Å². The summed E-state index contributed by atoms with van der Waals surface area (Å²) in [5.74, 6) is 0. The van der Waals surface area contributed by atoms with Crippen LogP contribution in [0.1, 0.15) is 18.5 Å². The smallest absolute Gasteiger partial charge is 0.0826 e. The minimum Gasteiger partial charge on any atom is -0.374 e. The predicted octanol–water partition coefficient (Wildman–Crippen LogP) is 2.97. The fourth-order valence-corrected chi connectivity index (χ4v) is 2.50. The SMILES string of the molecule is CC(NCC1CN(C)CCO1)c1ccc(Cl)c(Cl)c1. The molecule has 1 saturated heterocycles. The van der Waals surface area contributed by atoms with Gasteiger partial charge >= 0.3 is 0 Å². The fraction of sp³-hybridized carbons (Fsp3) is 0.571. The highest BCUT2D eigenvalue weighted by Gasteiger charge is 2.18. The monoisotopic (exact) mass is 302 g/mol. The Bertz CT molecular complexity index is 428. The molecule has 5 heteroatoms. The molecule has 1 aromatic carbocycles. The first kappa shape index (κ1) is 15.1. The third kappa shape index (κ3) is 4.33. The van der Waals surface area contributed by atoms with Gasteiger partial charge in [-0.3, -0.25) is 0 Å². The summed E-state index contributed by atoms with van der Waals surface area (Å²) in [5.41, 5.74) is 1.14. The van der Waals surface area contributed by atoms with Crippen molar-refractivity contribution in [2.24, 2.45) is 0 Å². The van der Waals surface area contributed by atoms with E-state index in [1.807, 2.05) is 18.2 Å². The lowest BCUT2D eigenvalue weighted by Crippen LogP contribution is -2.45. The molecule has 2 atom stereocenters. The van der Waals surface area contributed by atoms with Gasteiger partial charge in [0.15, 0.2) is 0 Å². The van der Waals surface area contributed by atoms with Crippen molar-refractivity contribution in [3.8, 4) is 0 Å². The molecule has 1 fully saturated rings. The summed E-state index contributed by atoms with van der Waals surface area (Å²) in [6.07, 6.45) is 0.254. The van der Waals surface area contributed by atoms with Crippen LogP contribution in [0.3, 0.4) is 0 Å². The quantitative estimate of drug-likeness (QED) is 0.925. The van der Waals surface area contributed by atoms with E-state index < -0.39 is 0 Å². The number of halogens is 2. The summed E-state index contributed by atoms with van der Waals surface area (Å²) in [6, 6.07) is 5.97. The first-order chi connectivity index (χ1) is 9.06. The van der Waals surface area contributed by atoms with Crippen LogP contribution >= 0.6 is 23.2 Å². The van der Waals surface area contributed by atoms with Gasteiger partial charge in [-0.1, -0.05) is 29.3 Å². The zero-order valence-corrected chi connectivity index (χ0v) is 12.8. The van der Waals surface area contributed by atoms with E-state index in [-0.39, 0.29) is 12.1 Å². The van der Waals surface area contributed by atoms with Gasteiger partial charge < -0.3 is 15.0 Å². The highest BCUT2D eigenvalue weighted by molar-refractivity contribution is 6.42. The van der Waals surface area contributed by atoms with Gasteiger partial charge in [-0.2, -0.15) is 0 Å². The number of hydrogen-bond donors (Lipinski definition) is 1. The van der Waals surface area contributed by atoms with Crippen LogP contribution in [0.5, 0.6) is 0 Å². The molecule has 0 aliphatic carbocycles. The summed E-state index contributed by atoms with van der Waals surface area (Å²) >= 11 is 12.0. The van der Waals surface area contributed by atoms with Gasteiger partial charge in [0.05, 0.1) is 22.8 Å². The minimum atomic E-state index is 0.227. The highest BCUT2D eigenvalue weighted by atomic mass is 35.5. The summed E-state index contributed by atoms with van der Waals surface area (Å²) < 4.78 is 5.73. The molecule has 0 spiro atoms. The van der Waals surface area contributed by atoms with E-state index in [0.717, 1.165) is 31.8 Å². The molecule has 0 radical (unpaired) electrons. The number of morpholine rings is 1. The molecule has 1 aliphatic heterocycles. The molecule has 0 saturated carbocycles. The Morgan fingerprint density at radius 1 is 1.42 bits per heavy atom. The van der Waals surface area contributed by atoms with E-state index in [0.29, 0.717) is 10.0 Å². The van der Waals surface area contributed by atoms with Crippen molar-refractivity contribution in [1.29, 1.82) is 0 Å². The molecule has 3 nitrogen and oxygen atoms in total. The van der Waals surface area contributed by atoms with E-state index in [1.165, 1.54) is 0 Å². The normalized spacial score (nSPS) is 22.4. The minimum absolute atomic E-state index is 0.227. The molecular weight excluding hydrogens is 283 g/mol. The molecule has 0 bridgehead atoms.